The van der Waals surface area contributed by atoms with E-state index in [9.17, 15) is 0 Å². The van der Waals surface area contributed by atoms with Crippen molar-refractivity contribution in [2.24, 2.45) is 0 Å². The first kappa shape index (κ1) is 10.1. The van der Waals surface area contributed by atoms with Crippen LogP contribution in [0.15, 0.2) is 12.7 Å². The Morgan fingerprint density at radius 1 is 1.71 bits per heavy atom. The molecule has 0 saturated carbocycles. The van der Waals surface area contributed by atoms with Crippen LogP contribution >= 0.6 is 11.6 Å². The first-order chi connectivity index (χ1) is 3.33. The van der Waals surface area contributed by atoms with Crippen LogP contribution in [0.4, 0.5) is 0 Å². The molecule has 0 aromatic rings. The highest BCUT2D eigenvalue weighted by atomic mass is 35.5. The van der Waals surface area contributed by atoms with Crippen molar-refractivity contribution < 1.29 is 0 Å². The number of halogens is 1. The highest BCUT2D eigenvalue weighted by Gasteiger charge is 1.48. The van der Waals surface area contributed by atoms with Gasteiger partial charge in [0.2, 0.25) is 0 Å². The molecule has 0 fully saturated rings. The average Bonchev–Trinajstić information content (AvgIpc) is 1.69. The minimum atomic E-state index is 0.556. The Morgan fingerprint density at radius 2 is 1.86 bits per heavy atom. The van der Waals surface area contributed by atoms with E-state index in [-0.39, 0.29) is 0 Å². The van der Waals surface area contributed by atoms with Crippen LogP contribution in [0.3, 0.4) is 0 Å². The first-order valence-corrected chi connectivity index (χ1v) is 2.62. The van der Waals surface area contributed by atoms with E-state index in [1.54, 1.807) is 6.08 Å². The number of hydrogen-bond donors (Lipinski definition) is 1. The maximum Gasteiger partial charge on any atom is 0.0401 e. The van der Waals surface area contributed by atoms with Crippen molar-refractivity contribution in [2.75, 3.05) is 20.0 Å². The molecular formula is C5H12ClN. The molecule has 2 heteroatoms. The van der Waals surface area contributed by atoms with Gasteiger partial charge in [-0.2, -0.15) is 0 Å². The molecule has 0 aromatic heterocycles. The molecule has 0 unspecified atom stereocenters. The molecule has 0 bridgehead atoms. The largest absolute Gasteiger partial charge is 0.323 e. The Labute approximate surface area is 50.4 Å². The summed E-state index contributed by atoms with van der Waals surface area (Å²) in [6.45, 7) is 3.35. The van der Waals surface area contributed by atoms with Crippen LogP contribution in [-0.2, 0) is 0 Å². The van der Waals surface area contributed by atoms with Crippen molar-refractivity contribution in [3.05, 3.63) is 12.7 Å². The molecule has 44 valence electrons. The van der Waals surface area contributed by atoms with Gasteiger partial charge in [-0.1, -0.05) is 6.08 Å². The van der Waals surface area contributed by atoms with Crippen LogP contribution in [0, 0.1) is 0 Å². The van der Waals surface area contributed by atoms with Gasteiger partial charge in [0.1, 0.15) is 0 Å². The second kappa shape index (κ2) is 16.7. The zero-order valence-corrected chi connectivity index (χ0v) is 5.63. The third-order valence-electron chi connectivity index (χ3n) is 0.109. The molecule has 1 nitrogen and oxygen atoms in total. The number of allylic oxidation sites excluding steroid dienone is 1. The van der Waals surface area contributed by atoms with Gasteiger partial charge >= 0.3 is 0 Å². The zero-order valence-electron chi connectivity index (χ0n) is 4.87. The van der Waals surface area contributed by atoms with Gasteiger partial charge in [0.25, 0.3) is 0 Å². The predicted molar refractivity (Wildman–Crippen MR) is 35.9 cm³/mol. The molecule has 1 N–H and O–H groups in total. The van der Waals surface area contributed by atoms with E-state index in [0.29, 0.717) is 5.88 Å². The van der Waals surface area contributed by atoms with Crippen molar-refractivity contribution in [1.82, 2.24) is 5.32 Å². The van der Waals surface area contributed by atoms with Gasteiger partial charge in [-0.3, -0.25) is 0 Å². The summed E-state index contributed by atoms with van der Waals surface area (Å²) in [5, 5.41) is 2.75. The van der Waals surface area contributed by atoms with Crippen LogP contribution in [0.25, 0.3) is 0 Å². The summed E-state index contributed by atoms with van der Waals surface area (Å²) in [6, 6.07) is 0. The topological polar surface area (TPSA) is 12.0 Å². The van der Waals surface area contributed by atoms with E-state index < -0.39 is 0 Å². The number of nitrogens with one attached hydrogen (secondary N) is 1. The summed E-state index contributed by atoms with van der Waals surface area (Å²) in [4.78, 5) is 0. The third-order valence-corrected chi connectivity index (χ3v) is 0.327. The second-order valence-electron chi connectivity index (χ2n) is 0.943. The summed E-state index contributed by atoms with van der Waals surface area (Å²) < 4.78 is 0. The maximum atomic E-state index is 5.07. The SMILES string of the molecule is C=CCCl.CNC. The fourth-order valence-electron chi connectivity index (χ4n) is 0. The van der Waals surface area contributed by atoms with Crippen molar-refractivity contribution >= 4 is 11.6 Å². The lowest BCUT2D eigenvalue weighted by Gasteiger charge is -1.59. The summed E-state index contributed by atoms with van der Waals surface area (Å²) in [7, 11) is 3.75. The lowest BCUT2D eigenvalue weighted by atomic mass is 10.8. The molecule has 0 aliphatic heterocycles. The van der Waals surface area contributed by atoms with Gasteiger partial charge in [0.05, 0.1) is 0 Å². The van der Waals surface area contributed by atoms with Gasteiger partial charge in [-0.15, -0.1) is 18.2 Å². The highest BCUT2D eigenvalue weighted by molar-refractivity contribution is 6.18. The molecule has 0 rings (SSSR count). The Balaban J connectivity index is 0. The molecule has 0 aliphatic rings. The van der Waals surface area contributed by atoms with Crippen molar-refractivity contribution in [2.45, 2.75) is 0 Å². The molecule has 0 heterocycles. The Hall–Kier alpha value is -0.0100. The minimum absolute atomic E-state index is 0.556. The van der Waals surface area contributed by atoms with E-state index in [1.165, 1.54) is 0 Å². The Morgan fingerprint density at radius 3 is 1.86 bits per heavy atom. The maximum absolute atomic E-state index is 5.07. The molecule has 0 atom stereocenters. The van der Waals surface area contributed by atoms with Gasteiger partial charge in [-0.25, -0.2) is 0 Å². The monoisotopic (exact) mass is 121 g/mol. The smallest absolute Gasteiger partial charge is 0.0401 e. The van der Waals surface area contributed by atoms with Crippen LogP contribution < -0.4 is 5.32 Å². The molecule has 0 spiro atoms. The van der Waals surface area contributed by atoms with Crippen molar-refractivity contribution in [3.8, 4) is 0 Å². The van der Waals surface area contributed by atoms with Crippen LogP contribution in [0.5, 0.6) is 0 Å². The number of rotatable bonds is 1. The lowest BCUT2D eigenvalue weighted by Crippen LogP contribution is -1.89. The summed E-state index contributed by atoms with van der Waals surface area (Å²) >= 11 is 5.07. The first-order valence-electron chi connectivity index (χ1n) is 2.08. The van der Waals surface area contributed by atoms with Gasteiger partial charge in [0, 0.05) is 5.88 Å². The average molecular weight is 122 g/mol. The van der Waals surface area contributed by atoms with Crippen LogP contribution in [-0.4, -0.2) is 20.0 Å². The lowest BCUT2D eigenvalue weighted by molar-refractivity contribution is 1.02. The highest BCUT2D eigenvalue weighted by Crippen LogP contribution is 1.67. The molecule has 0 aliphatic carbocycles. The fourth-order valence-corrected chi connectivity index (χ4v) is 0. The zero-order chi connectivity index (χ0) is 6.12. The normalized spacial score (nSPS) is 6.14. The molecule has 7 heavy (non-hydrogen) atoms. The Kier molecular flexibility index (Phi) is 24.0. The summed E-state index contributed by atoms with van der Waals surface area (Å²) in [6.07, 6.45) is 1.64. The molecule has 0 amide bonds. The van der Waals surface area contributed by atoms with Crippen molar-refractivity contribution in [3.63, 3.8) is 0 Å². The van der Waals surface area contributed by atoms with E-state index in [1.807, 2.05) is 14.1 Å². The summed E-state index contributed by atoms with van der Waals surface area (Å²) in [5.41, 5.74) is 0. The second-order valence-corrected chi connectivity index (χ2v) is 1.25. The predicted octanol–water partition coefficient (Wildman–Crippen LogP) is 1.25. The van der Waals surface area contributed by atoms with Crippen LogP contribution in [0.1, 0.15) is 0 Å². The van der Waals surface area contributed by atoms with Gasteiger partial charge in [0.15, 0.2) is 0 Å². The van der Waals surface area contributed by atoms with E-state index >= 15 is 0 Å². The third kappa shape index (κ3) is 97.3. The van der Waals surface area contributed by atoms with Gasteiger partial charge in [-0.05, 0) is 14.1 Å². The molecule has 0 saturated heterocycles. The molecule has 0 radical (unpaired) electrons. The standard InChI is InChI=1S/C3H5Cl.C2H7N/c1-2-3-4;1-3-2/h2H,1,3H2;3H,1-2H3. The van der Waals surface area contributed by atoms with Crippen LogP contribution in [0.2, 0.25) is 0 Å². The minimum Gasteiger partial charge on any atom is -0.323 e. The van der Waals surface area contributed by atoms with E-state index in [0.717, 1.165) is 0 Å². The molecule has 0 aromatic carbocycles. The number of alkyl halides is 1. The van der Waals surface area contributed by atoms with E-state index in [2.05, 4.69) is 11.9 Å². The van der Waals surface area contributed by atoms with E-state index in [4.69, 9.17) is 11.6 Å². The summed E-state index contributed by atoms with van der Waals surface area (Å²) in [5.74, 6) is 0.556. The molecular weight excluding hydrogens is 110 g/mol. The number of hydrogen-bond acceptors (Lipinski definition) is 1. The van der Waals surface area contributed by atoms with Crippen molar-refractivity contribution in [1.29, 1.82) is 0 Å². The quantitative estimate of drug-likeness (QED) is 0.407. The van der Waals surface area contributed by atoms with Gasteiger partial charge < -0.3 is 5.32 Å². The Bertz CT molecular complexity index is 29.3. The fraction of sp³-hybridized carbons (Fsp3) is 0.600.